The highest BCUT2D eigenvalue weighted by molar-refractivity contribution is 9.10. The minimum atomic E-state index is 0.419. The summed E-state index contributed by atoms with van der Waals surface area (Å²) in [6.45, 7) is 0.419. The van der Waals surface area contributed by atoms with E-state index in [0.717, 1.165) is 21.6 Å². The number of hydrogen-bond donors (Lipinski definition) is 0. The van der Waals surface area contributed by atoms with Crippen molar-refractivity contribution in [2.75, 3.05) is 0 Å². The first-order valence-electron chi connectivity index (χ1n) is 5.73. The molecule has 0 aliphatic carbocycles. The molecule has 2 aromatic heterocycles. The number of aromatic nitrogens is 2. The zero-order valence-electron chi connectivity index (χ0n) is 9.88. The number of pyridine rings is 1. The summed E-state index contributed by atoms with van der Waals surface area (Å²) < 4.78 is 8.53. The second-order valence-electron chi connectivity index (χ2n) is 4.06. The van der Waals surface area contributed by atoms with Crippen LogP contribution in [0.15, 0.2) is 53.3 Å². The molecule has 19 heavy (non-hydrogen) atoms. The van der Waals surface area contributed by atoms with E-state index in [9.17, 15) is 0 Å². The number of nitrogens with zero attached hydrogens (tertiary/aromatic N) is 2. The molecule has 0 atom stereocenters. The molecule has 0 amide bonds. The Balaban J connectivity index is 1.78. The zero-order chi connectivity index (χ0) is 13.2. The molecule has 3 rings (SSSR count). The van der Waals surface area contributed by atoms with Gasteiger partial charge >= 0.3 is 0 Å². The van der Waals surface area contributed by atoms with Crippen LogP contribution in [0.5, 0.6) is 5.75 Å². The Morgan fingerprint density at radius 2 is 2.16 bits per heavy atom. The molecule has 0 radical (unpaired) electrons. The maximum absolute atomic E-state index is 5.89. The maximum atomic E-state index is 5.89. The molecule has 0 bridgehead atoms. The zero-order valence-corrected chi connectivity index (χ0v) is 12.2. The fraction of sp³-hybridized carbons (Fsp3) is 0.0714. The van der Waals surface area contributed by atoms with Crippen molar-refractivity contribution in [1.82, 2.24) is 9.38 Å². The number of hydrogen-bond acceptors (Lipinski definition) is 2. The lowest BCUT2D eigenvalue weighted by molar-refractivity contribution is 0.300. The number of halogens is 2. The Morgan fingerprint density at radius 1 is 1.26 bits per heavy atom. The van der Waals surface area contributed by atoms with Gasteiger partial charge in [-0.1, -0.05) is 17.7 Å². The van der Waals surface area contributed by atoms with Gasteiger partial charge in [-0.3, -0.25) is 0 Å². The van der Waals surface area contributed by atoms with Crippen LogP contribution in [0.2, 0.25) is 5.02 Å². The second-order valence-corrected chi connectivity index (χ2v) is 5.35. The molecule has 0 aliphatic rings. The van der Waals surface area contributed by atoms with Gasteiger partial charge in [0.1, 0.15) is 18.0 Å². The normalized spacial score (nSPS) is 10.8. The summed E-state index contributed by atoms with van der Waals surface area (Å²) in [6, 6.07) is 11.3. The summed E-state index contributed by atoms with van der Waals surface area (Å²) in [5, 5.41) is 0.673. The molecule has 5 heteroatoms. The van der Waals surface area contributed by atoms with E-state index in [2.05, 4.69) is 20.9 Å². The molecule has 96 valence electrons. The lowest BCUT2D eigenvalue weighted by atomic mass is 10.3. The van der Waals surface area contributed by atoms with Gasteiger partial charge in [0.2, 0.25) is 0 Å². The minimum Gasteiger partial charge on any atom is -0.486 e. The fourth-order valence-electron chi connectivity index (χ4n) is 1.80. The number of rotatable bonds is 3. The van der Waals surface area contributed by atoms with Crippen LogP contribution in [0.3, 0.4) is 0 Å². The van der Waals surface area contributed by atoms with E-state index in [0.29, 0.717) is 11.6 Å². The molecule has 0 aliphatic heterocycles. The fourth-order valence-corrected chi connectivity index (χ4v) is 2.60. The van der Waals surface area contributed by atoms with E-state index in [1.54, 1.807) is 12.1 Å². The molecule has 0 saturated heterocycles. The third-order valence-electron chi connectivity index (χ3n) is 2.68. The third-order valence-corrected chi connectivity index (χ3v) is 3.54. The Hall–Kier alpha value is -1.52. The highest BCUT2D eigenvalue weighted by atomic mass is 79.9. The molecule has 2 heterocycles. The maximum Gasteiger partial charge on any atom is 0.137 e. The first-order valence-corrected chi connectivity index (χ1v) is 6.90. The monoisotopic (exact) mass is 336 g/mol. The summed E-state index contributed by atoms with van der Waals surface area (Å²) in [5.41, 5.74) is 1.80. The van der Waals surface area contributed by atoms with Gasteiger partial charge in [-0.15, -0.1) is 0 Å². The first kappa shape index (κ1) is 12.5. The van der Waals surface area contributed by atoms with Crippen molar-refractivity contribution in [2.45, 2.75) is 6.61 Å². The Labute approximate surface area is 123 Å². The summed E-state index contributed by atoms with van der Waals surface area (Å²) in [5.74, 6) is 0.751. The van der Waals surface area contributed by atoms with Gasteiger partial charge < -0.3 is 9.14 Å². The van der Waals surface area contributed by atoms with Crippen molar-refractivity contribution in [1.29, 1.82) is 0 Å². The van der Waals surface area contributed by atoms with Gasteiger partial charge in [-0.2, -0.15) is 0 Å². The van der Waals surface area contributed by atoms with Crippen molar-refractivity contribution in [3.05, 3.63) is 64.0 Å². The van der Waals surface area contributed by atoms with Gasteiger partial charge in [0.15, 0.2) is 0 Å². The lowest BCUT2D eigenvalue weighted by Gasteiger charge is -2.06. The molecule has 0 saturated carbocycles. The molecule has 3 nitrogen and oxygen atoms in total. The number of fused-ring (bicyclic) bond motifs is 1. The van der Waals surface area contributed by atoms with Gasteiger partial charge in [-0.25, -0.2) is 4.98 Å². The highest BCUT2D eigenvalue weighted by Gasteiger charge is 2.05. The summed E-state index contributed by atoms with van der Waals surface area (Å²) in [7, 11) is 0. The lowest BCUT2D eigenvalue weighted by Crippen LogP contribution is -1.96. The van der Waals surface area contributed by atoms with Gasteiger partial charge in [0.05, 0.1) is 10.2 Å². The van der Waals surface area contributed by atoms with E-state index in [1.165, 1.54) is 0 Å². The van der Waals surface area contributed by atoms with Gasteiger partial charge in [-0.05, 0) is 46.3 Å². The molecular formula is C14H10BrClN2O. The first-order chi connectivity index (χ1) is 9.22. The highest BCUT2D eigenvalue weighted by Crippen LogP contribution is 2.28. The largest absolute Gasteiger partial charge is 0.486 e. The number of benzene rings is 1. The van der Waals surface area contributed by atoms with E-state index in [-0.39, 0.29) is 0 Å². The van der Waals surface area contributed by atoms with Gasteiger partial charge in [0, 0.05) is 17.4 Å². The predicted molar refractivity (Wildman–Crippen MR) is 78.7 cm³/mol. The smallest absolute Gasteiger partial charge is 0.137 e. The van der Waals surface area contributed by atoms with E-state index < -0.39 is 0 Å². The Morgan fingerprint density at radius 3 is 2.95 bits per heavy atom. The molecule has 3 aromatic rings. The van der Waals surface area contributed by atoms with Crippen LogP contribution >= 0.6 is 27.5 Å². The van der Waals surface area contributed by atoms with Crippen LogP contribution in [-0.4, -0.2) is 9.38 Å². The topological polar surface area (TPSA) is 26.5 Å². The van der Waals surface area contributed by atoms with Crippen molar-refractivity contribution >= 4 is 33.2 Å². The van der Waals surface area contributed by atoms with E-state index in [4.69, 9.17) is 16.3 Å². The van der Waals surface area contributed by atoms with Crippen LogP contribution in [0.25, 0.3) is 5.65 Å². The Kier molecular flexibility index (Phi) is 3.44. The summed E-state index contributed by atoms with van der Waals surface area (Å²) in [4.78, 5) is 4.47. The number of imidazole rings is 1. The van der Waals surface area contributed by atoms with Crippen molar-refractivity contribution in [3.63, 3.8) is 0 Å². The van der Waals surface area contributed by atoms with Crippen LogP contribution < -0.4 is 4.74 Å². The van der Waals surface area contributed by atoms with E-state index >= 15 is 0 Å². The molecule has 0 N–H and O–H groups in total. The average Bonchev–Trinajstić information content (AvgIpc) is 2.80. The molecular weight excluding hydrogens is 328 g/mol. The van der Waals surface area contributed by atoms with Crippen LogP contribution in [-0.2, 0) is 6.61 Å². The second kappa shape index (κ2) is 5.23. The van der Waals surface area contributed by atoms with Crippen LogP contribution in [0.4, 0.5) is 0 Å². The predicted octanol–water partition coefficient (Wildman–Crippen LogP) is 4.33. The molecule has 0 fully saturated rings. The number of ether oxygens (including phenoxy) is 1. The van der Waals surface area contributed by atoms with E-state index in [1.807, 2.05) is 41.1 Å². The van der Waals surface area contributed by atoms with Crippen molar-refractivity contribution in [2.24, 2.45) is 0 Å². The van der Waals surface area contributed by atoms with Gasteiger partial charge in [0.25, 0.3) is 0 Å². The average molecular weight is 338 g/mol. The SMILES string of the molecule is Clc1ccc(OCc2cn3ccccc3n2)c(Br)c1. The molecule has 0 spiro atoms. The third kappa shape index (κ3) is 2.74. The van der Waals surface area contributed by atoms with Crippen LogP contribution in [0.1, 0.15) is 5.69 Å². The quantitative estimate of drug-likeness (QED) is 0.711. The summed E-state index contributed by atoms with van der Waals surface area (Å²) in [6.07, 6.45) is 3.92. The Bertz CT molecular complexity index is 693. The molecule has 1 aromatic carbocycles. The van der Waals surface area contributed by atoms with Crippen molar-refractivity contribution in [3.8, 4) is 5.75 Å². The van der Waals surface area contributed by atoms with Crippen LogP contribution in [0, 0.1) is 0 Å². The minimum absolute atomic E-state index is 0.419. The standard InChI is InChI=1S/C14H10BrClN2O/c15-12-7-10(16)4-5-13(12)19-9-11-8-18-6-2-1-3-14(18)17-11/h1-8H,9H2. The molecule has 0 unspecified atom stereocenters. The van der Waals surface area contributed by atoms with Crippen molar-refractivity contribution < 1.29 is 4.74 Å². The summed E-state index contributed by atoms with van der Waals surface area (Å²) >= 11 is 9.31.